The lowest BCUT2D eigenvalue weighted by Crippen LogP contribution is -2.10. The number of Topliss-reactive ketones (excluding diaryl/α,β-unsaturated/α-hetero) is 1. The Morgan fingerprint density at radius 2 is 2.12 bits per heavy atom. The van der Waals surface area contributed by atoms with Gasteiger partial charge in [0.25, 0.3) is 0 Å². The van der Waals surface area contributed by atoms with Crippen molar-refractivity contribution in [1.82, 2.24) is 0 Å². The van der Waals surface area contributed by atoms with Crippen molar-refractivity contribution < 1.29 is 18.3 Å². The topological polar surface area (TPSA) is 52.3 Å². The quantitative estimate of drug-likeness (QED) is 0.659. The first-order valence-corrected chi connectivity index (χ1v) is 4.85. The van der Waals surface area contributed by atoms with Gasteiger partial charge in [0.2, 0.25) is 0 Å². The van der Waals surface area contributed by atoms with E-state index in [0.717, 1.165) is 0 Å². The molecule has 1 aromatic rings. The molecule has 1 rings (SSSR count). The number of anilines is 1. The molecule has 0 heterocycles. The smallest absolute Gasteiger partial charge is 0.387 e. The van der Waals surface area contributed by atoms with Crippen LogP contribution in [0.2, 0.25) is 0 Å². The first-order chi connectivity index (χ1) is 7.43. The van der Waals surface area contributed by atoms with Crippen LogP contribution in [0.25, 0.3) is 0 Å². The molecule has 3 nitrogen and oxygen atoms in total. The minimum atomic E-state index is -2.99. The minimum absolute atomic E-state index is 0.0805. The largest absolute Gasteiger partial charge is 0.434 e. The number of carbonyl (C=O) groups is 1. The molecule has 0 aliphatic rings. The van der Waals surface area contributed by atoms with Crippen molar-refractivity contribution in [2.75, 3.05) is 5.73 Å². The zero-order chi connectivity index (χ0) is 12.3. The van der Waals surface area contributed by atoms with Crippen molar-refractivity contribution in [2.24, 2.45) is 0 Å². The summed E-state index contributed by atoms with van der Waals surface area (Å²) in [4.78, 5) is 11.1. The molecule has 1 aromatic carbocycles. The van der Waals surface area contributed by atoms with Gasteiger partial charge in [-0.3, -0.25) is 4.79 Å². The van der Waals surface area contributed by atoms with Gasteiger partial charge in [-0.2, -0.15) is 8.78 Å². The van der Waals surface area contributed by atoms with Gasteiger partial charge in [-0.15, -0.1) is 11.6 Å². The number of ketones is 1. The number of nitrogens with two attached hydrogens (primary N) is 1. The number of rotatable bonds is 4. The van der Waals surface area contributed by atoms with Crippen LogP contribution in [0.4, 0.5) is 14.5 Å². The fourth-order valence-corrected chi connectivity index (χ4v) is 1.47. The van der Waals surface area contributed by atoms with E-state index >= 15 is 0 Å². The summed E-state index contributed by atoms with van der Waals surface area (Å²) in [7, 11) is 0. The van der Waals surface area contributed by atoms with Crippen LogP contribution in [0.15, 0.2) is 18.2 Å². The Balaban J connectivity index is 3.17. The van der Waals surface area contributed by atoms with E-state index in [4.69, 9.17) is 17.3 Å². The number of ether oxygens (including phenoxy) is 1. The predicted octanol–water partition coefficient (Wildman–Crippen LogP) is 2.74. The van der Waals surface area contributed by atoms with E-state index < -0.39 is 17.8 Å². The zero-order valence-electron chi connectivity index (χ0n) is 8.41. The second kappa shape index (κ2) is 5.12. The highest BCUT2D eigenvalue weighted by atomic mass is 35.5. The summed E-state index contributed by atoms with van der Waals surface area (Å²) >= 11 is 5.78. The van der Waals surface area contributed by atoms with Crippen LogP contribution in [-0.4, -0.2) is 12.4 Å². The SMILES string of the molecule is CC(=O)C(Cl)c1c(N)cccc1OC(F)F. The summed E-state index contributed by atoms with van der Waals surface area (Å²) in [5, 5.41) is -1.09. The third-order valence-electron chi connectivity index (χ3n) is 1.93. The summed E-state index contributed by atoms with van der Waals surface area (Å²) < 4.78 is 28.5. The van der Waals surface area contributed by atoms with Gasteiger partial charge in [0.1, 0.15) is 11.1 Å². The van der Waals surface area contributed by atoms with Crippen LogP contribution >= 0.6 is 11.6 Å². The van der Waals surface area contributed by atoms with Crippen molar-refractivity contribution in [3.05, 3.63) is 23.8 Å². The van der Waals surface area contributed by atoms with Gasteiger partial charge in [0.05, 0.1) is 0 Å². The molecule has 0 aliphatic heterocycles. The number of hydrogen-bond acceptors (Lipinski definition) is 3. The molecular weight excluding hydrogens is 240 g/mol. The van der Waals surface area contributed by atoms with Gasteiger partial charge in [-0.05, 0) is 19.1 Å². The van der Waals surface area contributed by atoms with E-state index in [-0.39, 0.29) is 17.0 Å². The van der Waals surface area contributed by atoms with Gasteiger partial charge >= 0.3 is 6.61 Å². The molecule has 0 fully saturated rings. The Labute approximate surface area is 96.1 Å². The highest BCUT2D eigenvalue weighted by molar-refractivity contribution is 6.31. The maximum atomic E-state index is 12.1. The van der Waals surface area contributed by atoms with Crippen LogP contribution in [0, 0.1) is 0 Å². The van der Waals surface area contributed by atoms with Gasteiger partial charge in [-0.25, -0.2) is 0 Å². The van der Waals surface area contributed by atoms with Crippen molar-refractivity contribution in [3.8, 4) is 5.75 Å². The zero-order valence-corrected chi connectivity index (χ0v) is 9.17. The highest BCUT2D eigenvalue weighted by Gasteiger charge is 2.22. The van der Waals surface area contributed by atoms with E-state index in [0.29, 0.717) is 0 Å². The number of nitrogen functional groups attached to an aromatic ring is 1. The fraction of sp³-hybridized carbons (Fsp3) is 0.300. The number of halogens is 3. The average Bonchev–Trinajstić information content (AvgIpc) is 2.16. The number of benzene rings is 1. The number of alkyl halides is 3. The number of hydrogen-bond donors (Lipinski definition) is 1. The lowest BCUT2D eigenvalue weighted by atomic mass is 10.1. The molecule has 0 aliphatic carbocycles. The van der Waals surface area contributed by atoms with E-state index in [1.807, 2.05) is 0 Å². The molecule has 0 spiro atoms. The lowest BCUT2D eigenvalue weighted by Gasteiger charge is -2.15. The Morgan fingerprint density at radius 1 is 1.50 bits per heavy atom. The van der Waals surface area contributed by atoms with Gasteiger partial charge in [0, 0.05) is 11.3 Å². The van der Waals surface area contributed by atoms with Gasteiger partial charge < -0.3 is 10.5 Å². The molecule has 88 valence electrons. The molecule has 2 N–H and O–H groups in total. The Kier molecular flexibility index (Phi) is 4.06. The second-order valence-electron chi connectivity index (χ2n) is 3.11. The second-order valence-corrected chi connectivity index (χ2v) is 3.55. The highest BCUT2D eigenvalue weighted by Crippen LogP contribution is 2.35. The molecule has 1 atom stereocenters. The lowest BCUT2D eigenvalue weighted by molar-refractivity contribution is -0.116. The van der Waals surface area contributed by atoms with Crippen LogP contribution in [-0.2, 0) is 4.79 Å². The molecule has 0 bridgehead atoms. The first-order valence-electron chi connectivity index (χ1n) is 4.41. The average molecular weight is 250 g/mol. The summed E-state index contributed by atoms with van der Waals surface area (Å²) in [6.07, 6.45) is 0. The molecule has 0 saturated heterocycles. The van der Waals surface area contributed by atoms with E-state index in [9.17, 15) is 13.6 Å². The van der Waals surface area contributed by atoms with Gasteiger partial charge in [-0.1, -0.05) is 6.07 Å². The van der Waals surface area contributed by atoms with E-state index in [2.05, 4.69) is 4.74 Å². The first kappa shape index (κ1) is 12.7. The minimum Gasteiger partial charge on any atom is -0.434 e. The van der Waals surface area contributed by atoms with Crippen LogP contribution in [0.5, 0.6) is 5.75 Å². The van der Waals surface area contributed by atoms with Gasteiger partial charge in [0.15, 0.2) is 5.78 Å². The molecule has 0 saturated carbocycles. The van der Waals surface area contributed by atoms with E-state index in [1.54, 1.807) is 0 Å². The number of carbonyl (C=O) groups excluding carboxylic acids is 1. The third-order valence-corrected chi connectivity index (χ3v) is 2.45. The molecular formula is C10H10ClF2NO2. The van der Waals surface area contributed by atoms with Crippen LogP contribution in [0.1, 0.15) is 17.9 Å². The third kappa shape index (κ3) is 2.82. The van der Waals surface area contributed by atoms with Crippen molar-refractivity contribution >= 4 is 23.1 Å². The molecule has 0 aromatic heterocycles. The molecule has 1 unspecified atom stereocenters. The van der Waals surface area contributed by atoms with Crippen molar-refractivity contribution in [2.45, 2.75) is 18.9 Å². The normalized spacial score (nSPS) is 12.6. The molecule has 0 radical (unpaired) electrons. The maximum absolute atomic E-state index is 12.1. The Bertz CT molecular complexity index is 398. The van der Waals surface area contributed by atoms with Crippen molar-refractivity contribution in [1.29, 1.82) is 0 Å². The summed E-state index contributed by atoms with van der Waals surface area (Å²) in [6.45, 7) is -1.74. The molecule has 0 amide bonds. The standard InChI is InChI=1S/C10H10ClF2NO2/c1-5(15)9(11)8-6(14)3-2-4-7(8)16-10(12)13/h2-4,9-10H,14H2,1H3. The summed E-state index contributed by atoms with van der Waals surface area (Å²) in [5.74, 6) is -0.566. The molecule has 16 heavy (non-hydrogen) atoms. The predicted molar refractivity (Wildman–Crippen MR) is 56.8 cm³/mol. The summed E-state index contributed by atoms with van der Waals surface area (Å²) in [6, 6.07) is 4.20. The maximum Gasteiger partial charge on any atom is 0.387 e. The summed E-state index contributed by atoms with van der Waals surface area (Å²) in [5.41, 5.74) is 5.80. The van der Waals surface area contributed by atoms with Crippen molar-refractivity contribution in [3.63, 3.8) is 0 Å². The van der Waals surface area contributed by atoms with Crippen LogP contribution < -0.4 is 10.5 Å². The fourth-order valence-electron chi connectivity index (χ4n) is 1.23. The van der Waals surface area contributed by atoms with Crippen LogP contribution in [0.3, 0.4) is 0 Å². The van der Waals surface area contributed by atoms with E-state index in [1.165, 1.54) is 25.1 Å². The Morgan fingerprint density at radius 3 is 2.62 bits per heavy atom. The monoisotopic (exact) mass is 249 g/mol. The Hall–Kier alpha value is -1.36. The molecule has 6 heteroatoms.